The molecule has 0 fully saturated rings. The third-order valence-corrected chi connectivity index (χ3v) is 2.89. The molecule has 5 nitrogen and oxygen atoms in total. The van der Waals surface area contributed by atoms with Gasteiger partial charge in [0.2, 0.25) is 0 Å². The van der Waals surface area contributed by atoms with Crippen LogP contribution >= 0.6 is 0 Å². The van der Waals surface area contributed by atoms with E-state index in [4.69, 9.17) is 15.6 Å². The number of aliphatic hydroxyl groups is 1. The molecule has 1 aromatic heterocycles. The van der Waals surface area contributed by atoms with Crippen molar-refractivity contribution in [2.75, 3.05) is 19.8 Å². The fourth-order valence-corrected chi connectivity index (χ4v) is 1.81. The number of hydrogen-bond donors (Lipinski definition) is 2. The first-order valence-electron chi connectivity index (χ1n) is 6.07. The van der Waals surface area contributed by atoms with Crippen molar-refractivity contribution in [2.24, 2.45) is 11.7 Å². The Morgan fingerprint density at radius 2 is 2.24 bits per heavy atom. The molecule has 3 N–H and O–H groups in total. The molecule has 0 saturated heterocycles. The lowest BCUT2D eigenvalue weighted by Gasteiger charge is -2.25. The molecule has 98 valence electrons. The second kappa shape index (κ2) is 6.74. The minimum atomic E-state index is -0.389. The van der Waals surface area contributed by atoms with E-state index in [2.05, 4.69) is 18.8 Å². The van der Waals surface area contributed by atoms with E-state index in [0.717, 1.165) is 5.69 Å². The Labute approximate surface area is 103 Å². The standard InChI is InChI=1S/C12H23N3O2/c1-4-17-7-12(9(2)3)15-8-14-5-11(15)10(13)6-16/h5,8-10,12,16H,4,6-7,13H2,1-3H3. The molecule has 2 atom stereocenters. The molecule has 1 rings (SSSR count). The third-order valence-electron chi connectivity index (χ3n) is 2.89. The highest BCUT2D eigenvalue weighted by atomic mass is 16.5. The zero-order chi connectivity index (χ0) is 12.8. The number of ether oxygens (including phenoxy) is 1. The van der Waals surface area contributed by atoms with Crippen LogP contribution in [0.5, 0.6) is 0 Å². The summed E-state index contributed by atoms with van der Waals surface area (Å²) in [6.45, 7) is 7.50. The molecule has 17 heavy (non-hydrogen) atoms. The Morgan fingerprint density at radius 1 is 1.53 bits per heavy atom. The van der Waals surface area contributed by atoms with Gasteiger partial charge in [-0.3, -0.25) is 0 Å². The number of aromatic nitrogens is 2. The molecular weight excluding hydrogens is 218 g/mol. The molecule has 0 aliphatic rings. The second-order valence-corrected chi connectivity index (χ2v) is 4.49. The highest BCUT2D eigenvalue weighted by molar-refractivity contribution is 5.06. The van der Waals surface area contributed by atoms with Crippen LogP contribution in [0.1, 0.15) is 38.5 Å². The van der Waals surface area contributed by atoms with Crippen molar-refractivity contribution >= 4 is 0 Å². The quantitative estimate of drug-likeness (QED) is 0.750. The molecule has 0 amide bonds. The number of imidazole rings is 1. The normalized spacial score (nSPS) is 15.2. The van der Waals surface area contributed by atoms with Gasteiger partial charge >= 0.3 is 0 Å². The van der Waals surface area contributed by atoms with Gasteiger partial charge in [0.05, 0.1) is 37.3 Å². The van der Waals surface area contributed by atoms with E-state index in [1.165, 1.54) is 0 Å². The Kier molecular flexibility index (Phi) is 5.61. The summed E-state index contributed by atoms with van der Waals surface area (Å²) in [5.74, 6) is 0.417. The maximum Gasteiger partial charge on any atom is 0.0952 e. The van der Waals surface area contributed by atoms with Gasteiger partial charge in [-0.25, -0.2) is 4.98 Å². The molecule has 0 aliphatic carbocycles. The summed E-state index contributed by atoms with van der Waals surface area (Å²) in [6.07, 6.45) is 3.47. The van der Waals surface area contributed by atoms with Crippen molar-refractivity contribution in [3.05, 3.63) is 18.2 Å². The van der Waals surface area contributed by atoms with E-state index in [1.807, 2.05) is 11.5 Å². The van der Waals surface area contributed by atoms with Crippen LogP contribution in [0.4, 0.5) is 0 Å². The topological polar surface area (TPSA) is 73.3 Å². The monoisotopic (exact) mass is 241 g/mol. The molecule has 0 saturated carbocycles. The van der Waals surface area contributed by atoms with Crippen LogP contribution in [-0.2, 0) is 4.74 Å². The smallest absolute Gasteiger partial charge is 0.0952 e. The zero-order valence-corrected chi connectivity index (χ0v) is 10.8. The average Bonchev–Trinajstić information content (AvgIpc) is 2.77. The first-order valence-corrected chi connectivity index (χ1v) is 6.07. The van der Waals surface area contributed by atoms with Crippen LogP contribution in [0.2, 0.25) is 0 Å². The summed E-state index contributed by atoms with van der Waals surface area (Å²) in [6, 6.07) is -0.189. The van der Waals surface area contributed by atoms with Crippen molar-refractivity contribution in [2.45, 2.75) is 32.9 Å². The molecule has 0 spiro atoms. The Balaban J connectivity index is 2.89. The van der Waals surface area contributed by atoms with Gasteiger partial charge in [0.25, 0.3) is 0 Å². The molecule has 0 aliphatic heterocycles. The van der Waals surface area contributed by atoms with Gasteiger partial charge in [-0.05, 0) is 12.8 Å². The van der Waals surface area contributed by atoms with E-state index < -0.39 is 0 Å². The van der Waals surface area contributed by atoms with Crippen molar-refractivity contribution in [3.63, 3.8) is 0 Å². The third kappa shape index (κ3) is 3.52. The largest absolute Gasteiger partial charge is 0.394 e. The van der Waals surface area contributed by atoms with Gasteiger partial charge in [-0.1, -0.05) is 13.8 Å². The predicted octanol–water partition coefficient (Wildman–Crippen LogP) is 1.11. The predicted molar refractivity (Wildman–Crippen MR) is 66.6 cm³/mol. The first kappa shape index (κ1) is 14.2. The van der Waals surface area contributed by atoms with Crippen molar-refractivity contribution in [1.82, 2.24) is 9.55 Å². The molecule has 0 aromatic carbocycles. The summed E-state index contributed by atoms with van der Waals surface area (Å²) in [4.78, 5) is 4.12. The lowest BCUT2D eigenvalue weighted by atomic mass is 10.0. The molecular formula is C12H23N3O2. The van der Waals surface area contributed by atoms with E-state index >= 15 is 0 Å². The molecule has 2 unspecified atom stereocenters. The van der Waals surface area contributed by atoms with E-state index in [0.29, 0.717) is 19.1 Å². The number of nitrogens with two attached hydrogens (primary N) is 1. The summed E-state index contributed by atoms with van der Waals surface area (Å²) in [5.41, 5.74) is 6.71. The van der Waals surface area contributed by atoms with Gasteiger partial charge in [0.15, 0.2) is 0 Å². The minimum Gasteiger partial charge on any atom is -0.394 e. The van der Waals surface area contributed by atoms with Gasteiger partial charge in [0.1, 0.15) is 0 Å². The Morgan fingerprint density at radius 3 is 2.76 bits per heavy atom. The van der Waals surface area contributed by atoms with Crippen molar-refractivity contribution in [3.8, 4) is 0 Å². The fourth-order valence-electron chi connectivity index (χ4n) is 1.81. The van der Waals surface area contributed by atoms with Crippen LogP contribution in [0.3, 0.4) is 0 Å². The first-order chi connectivity index (χ1) is 8.11. The fraction of sp³-hybridized carbons (Fsp3) is 0.750. The van der Waals surface area contributed by atoms with Gasteiger partial charge in [0, 0.05) is 12.8 Å². The second-order valence-electron chi connectivity index (χ2n) is 4.49. The summed E-state index contributed by atoms with van der Waals surface area (Å²) in [5, 5.41) is 9.13. The Bertz CT molecular complexity index is 325. The van der Waals surface area contributed by atoms with Gasteiger partial charge in [-0.15, -0.1) is 0 Å². The van der Waals surface area contributed by atoms with Crippen molar-refractivity contribution < 1.29 is 9.84 Å². The van der Waals surface area contributed by atoms with E-state index in [-0.39, 0.29) is 18.7 Å². The molecule has 0 bridgehead atoms. The highest BCUT2D eigenvalue weighted by Gasteiger charge is 2.20. The average molecular weight is 241 g/mol. The van der Waals surface area contributed by atoms with Crippen LogP contribution in [0.15, 0.2) is 12.5 Å². The van der Waals surface area contributed by atoms with Gasteiger partial charge < -0.3 is 20.1 Å². The van der Waals surface area contributed by atoms with Crippen LogP contribution < -0.4 is 5.73 Å². The summed E-state index contributed by atoms with van der Waals surface area (Å²) >= 11 is 0. The van der Waals surface area contributed by atoms with Crippen LogP contribution in [0.25, 0.3) is 0 Å². The van der Waals surface area contributed by atoms with E-state index in [1.54, 1.807) is 12.5 Å². The SMILES string of the molecule is CCOCC(C(C)C)n1cncc1C(N)CO. The maximum atomic E-state index is 9.13. The van der Waals surface area contributed by atoms with Gasteiger partial charge in [-0.2, -0.15) is 0 Å². The maximum absolute atomic E-state index is 9.13. The number of hydrogen-bond acceptors (Lipinski definition) is 4. The number of nitrogens with zero attached hydrogens (tertiary/aromatic N) is 2. The van der Waals surface area contributed by atoms with E-state index in [9.17, 15) is 0 Å². The molecule has 1 aromatic rings. The highest BCUT2D eigenvalue weighted by Crippen LogP contribution is 2.22. The summed E-state index contributed by atoms with van der Waals surface area (Å²) in [7, 11) is 0. The van der Waals surface area contributed by atoms with Crippen LogP contribution in [0, 0.1) is 5.92 Å². The molecule has 0 radical (unpaired) electrons. The lowest BCUT2D eigenvalue weighted by molar-refractivity contribution is 0.0943. The number of aliphatic hydroxyl groups excluding tert-OH is 1. The summed E-state index contributed by atoms with van der Waals surface area (Å²) < 4.78 is 7.51. The molecule has 5 heteroatoms. The Hall–Kier alpha value is -0.910. The van der Waals surface area contributed by atoms with Crippen LogP contribution in [-0.4, -0.2) is 34.5 Å². The molecule has 1 heterocycles. The lowest BCUT2D eigenvalue weighted by Crippen LogP contribution is -2.26. The van der Waals surface area contributed by atoms with Crippen molar-refractivity contribution in [1.29, 1.82) is 0 Å². The number of rotatable bonds is 7. The minimum absolute atomic E-state index is 0.0782. The zero-order valence-electron chi connectivity index (χ0n) is 10.8.